The first-order valence-corrected chi connectivity index (χ1v) is 10.6. The minimum Gasteiger partial charge on any atom is -0.497 e. The fourth-order valence-electron chi connectivity index (χ4n) is 2.84. The zero-order chi connectivity index (χ0) is 21.2. The first-order valence-electron chi connectivity index (χ1n) is 8.98. The van der Waals surface area contributed by atoms with Crippen LogP contribution in [0.3, 0.4) is 0 Å². The Morgan fingerprint density at radius 2 is 1.90 bits per heavy atom. The molecule has 1 heterocycles. The van der Waals surface area contributed by atoms with E-state index in [2.05, 4.69) is 22.0 Å². The first-order chi connectivity index (χ1) is 13.7. The molecule has 1 aromatic heterocycles. The van der Waals surface area contributed by atoms with E-state index in [0.29, 0.717) is 10.6 Å². The lowest BCUT2D eigenvalue weighted by atomic mass is 10.1. The normalized spacial score (nSPS) is 11.2. The first kappa shape index (κ1) is 21.2. The van der Waals surface area contributed by atoms with E-state index in [-0.39, 0.29) is 6.54 Å². The van der Waals surface area contributed by atoms with Crippen LogP contribution in [0.1, 0.15) is 31.9 Å². The van der Waals surface area contributed by atoms with Crippen LogP contribution in [0.15, 0.2) is 46.9 Å². The second kappa shape index (κ2) is 8.44. The monoisotopic (exact) mass is 472 g/mol. The van der Waals surface area contributed by atoms with E-state index < -0.39 is 11.7 Å². The lowest BCUT2D eigenvalue weighted by molar-refractivity contribution is 0.0578. The highest BCUT2D eigenvalue weighted by atomic mass is 79.9. The molecule has 0 aliphatic carbocycles. The van der Waals surface area contributed by atoms with Gasteiger partial charge in [-0.25, -0.2) is 4.79 Å². The van der Waals surface area contributed by atoms with Crippen LogP contribution in [0.5, 0.6) is 5.75 Å². The summed E-state index contributed by atoms with van der Waals surface area (Å²) in [6, 6.07) is 15.5. The van der Waals surface area contributed by atoms with Gasteiger partial charge in [-0.3, -0.25) is 4.90 Å². The summed E-state index contributed by atoms with van der Waals surface area (Å²) in [6.45, 7) is 5.74. The molecule has 0 saturated carbocycles. The maximum Gasteiger partial charge on any atom is 0.415 e. The number of benzene rings is 2. The third-order valence-corrected chi connectivity index (χ3v) is 5.96. The Hall–Kier alpha value is -2.56. The maximum absolute atomic E-state index is 13.1. The fraction of sp³-hybridized carbons (Fsp3) is 0.273. The number of rotatable bonds is 4. The van der Waals surface area contributed by atoms with Crippen molar-refractivity contribution in [3.05, 3.63) is 58.1 Å². The van der Waals surface area contributed by atoms with E-state index >= 15 is 0 Å². The van der Waals surface area contributed by atoms with Crippen LogP contribution in [0.4, 0.5) is 9.80 Å². The van der Waals surface area contributed by atoms with Crippen LogP contribution < -0.4 is 9.64 Å². The van der Waals surface area contributed by atoms with Gasteiger partial charge < -0.3 is 9.47 Å². The molecule has 0 fully saturated rings. The number of hydrogen-bond acceptors (Lipinski definition) is 5. The standard InChI is InChI=1S/C22H21BrN2O3S/c1-22(2,3)28-21(26)25(13-14-8-10-15(27-4)11-9-14)20-16(12-24)19-17(23)6-5-7-18(19)29-20/h5-11H,13H2,1-4H3. The van der Waals surface area contributed by atoms with Crippen molar-refractivity contribution in [1.82, 2.24) is 0 Å². The Bertz CT molecular complexity index is 1080. The van der Waals surface area contributed by atoms with E-state index in [1.54, 1.807) is 7.11 Å². The molecule has 0 unspecified atom stereocenters. The van der Waals surface area contributed by atoms with Crippen molar-refractivity contribution < 1.29 is 14.3 Å². The van der Waals surface area contributed by atoms with Crippen LogP contribution in [0, 0.1) is 11.3 Å². The molecule has 5 nitrogen and oxygen atoms in total. The number of ether oxygens (including phenoxy) is 2. The predicted molar refractivity (Wildman–Crippen MR) is 120 cm³/mol. The molecule has 0 spiro atoms. The van der Waals surface area contributed by atoms with Crippen molar-refractivity contribution in [3.8, 4) is 11.8 Å². The van der Waals surface area contributed by atoms with Gasteiger partial charge in [-0.05, 0) is 50.6 Å². The van der Waals surface area contributed by atoms with Gasteiger partial charge in [-0.1, -0.05) is 34.1 Å². The van der Waals surface area contributed by atoms with Crippen LogP contribution in [-0.4, -0.2) is 18.8 Å². The zero-order valence-corrected chi connectivity index (χ0v) is 19.1. The molecule has 0 aliphatic heterocycles. The molecule has 150 valence electrons. The second-order valence-corrected chi connectivity index (χ2v) is 9.31. The summed E-state index contributed by atoms with van der Waals surface area (Å²) >= 11 is 4.93. The molecule has 0 atom stereocenters. The summed E-state index contributed by atoms with van der Waals surface area (Å²) in [5.41, 5.74) is 0.702. The quantitative estimate of drug-likeness (QED) is 0.435. The number of hydrogen-bond donors (Lipinski definition) is 0. The molecule has 2 aromatic carbocycles. The summed E-state index contributed by atoms with van der Waals surface area (Å²) in [7, 11) is 1.61. The van der Waals surface area contributed by atoms with Gasteiger partial charge in [0.15, 0.2) is 0 Å². The molecular weight excluding hydrogens is 452 g/mol. The number of halogens is 1. The topological polar surface area (TPSA) is 62.6 Å². The fourth-order valence-corrected chi connectivity index (χ4v) is 4.70. The molecular formula is C22H21BrN2O3S. The lowest BCUT2D eigenvalue weighted by Crippen LogP contribution is -2.36. The average molecular weight is 473 g/mol. The summed E-state index contributed by atoms with van der Waals surface area (Å²) < 4.78 is 12.6. The van der Waals surface area contributed by atoms with Crippen LogP contribution in [-0.2, 0) is 11.3 Å². The number of nitrogens with zero attached hydrogens (tertiary/aromatic N) is 2. The SMILES string of the molecule is COc1ccc(CN(C(=O)OC(C)(C)C)c2sc3cccc(Br)c3c2C#N)cc1. The maximum atomic E-state index is 13.1. The molecule has 3 rings (SSSR count). The van der Waals surface area contributed by atoms with Gasteiger partial charge in [0.2, 0.25) is 0 Å². The number of carbonyl (C=O) groups excluding carboxylic acids is 1. The number of amides is 1. The molecule has 1 amide bonds. The largest absolute Gasteiger partial charge is 0.497 e. The van der Waals surface area contributed by atoms with E-state index in [0.717, 1.165) is 25.9 Å². The van der Waals surface area contributed by atoms with Crippen molar-refractivity contribution in [2.24, 2.45) is 0 Å². The second-order valence-electron chi connectivity index (χ2n) is 7.42. The van der Waals surface area contributed by atoms with E-state index in [9.17, 15) is 10.1 Å². The molecule has 0 N–H and O–H groups in total. The number of fused-ring (bicyclic) bond motifs is 1. The minimum atomic E-state index is -0.653. The van der Waals surface area contributed by atoms with Gasteiger partial charge in [0.25, 0.3) is 0 Å². The highest BCUT2D eigenvalue weighted by Crippen LogP contribution is 2.42. The van der Waals surface area contributed by atoms with Crippen LogP contribution in [0.2, 0.25) is 0 Å². The van der Waals surface area contributed by atoms with Gasteiger partial charge in [0.1, 0.15) is 22.4 Å². The van der Waals surface area contributed by atoms with E-state index in [4.69, 9.17) is 9.47 Å². The van der Waals surface area contributed by atoms with Crippen molar-refractivity contribution in [3.63, 3.8) is 0 Å². The van der Waals surface area contributed by atoms with E-state index in [1.165, 1.54) is 16.2 Å². The van der Waals surface area contributed by atoms with Gasteiger partial charge in [-0.2, -0.15) is 5.26 Å². The predicted octanol–water partition coefficient (Wildman–Crippen LogP) is 6.49. The van der Waals surface area contributed by atoms with Gasteiger partial charge in [-0.15, -0.1) is 11.3 Å². The smallest absolute Gasteiger partial charge is 0.415 e. The molecule has 3 aromatic rings. The lowest BCUT2D eigenvalue weighted by Gasteiger charge is -2.27. The van der Waals surface area contributed by atoms with Crippen molar-refractivity contribution in [2.75, 3.05) is 12.0 Å². The Labute approximate surface area is 182 Å². The van der Waals surface area contributed by atoms with Gasteiger partial charge in [0, 0.05) is 14.6 Å². The minimum absolute atomic E-state index is 0.276. The number of carbonyl (C=O) groups is 1. The number of methoxy groups -OCH3 is 1. The molecule has 7 heteroatoms. The zero-order valence-electron chi connectivity index (χ0n) is 16.7. The Morgan fingerprint density at radius 1 is 1.21 bits per heavy atom. The molecule has 0 bridgehead atoms. The van der Waals surface area contributed by atoms with Gasteiger partial charge >= 0.3 is 6.09 Å². The van der Waals surface area contributed by atoms with Gasteiger partial charge in [0.05, 0.1) is 19.2 Å². The third kappa shape index (κ3) is 4.72. The molecule has 0 saturated heterocycles. The van der Waals surface area contributed by atoms with Crippen molar-refractivity contribution in [2.45, 2.75) is 32.9 Å². The summed E-state index contributed by atoms with van der Waals surface area (Å²) in [5.74, 6) is 0.737. The Balaban J connectivity index is 2.09. The number of thiophene rings is 1. The number of nitriles is 1. The molecule has 0 radical (unpaired) electrons. The van der Waals surface area contributed by atoms with Crippen LogP contribution in [0.25, 0.3) is 10.1 Å². The summed E-state index contributed by atoms with van der Waals surface area (Å²) in [6.07, 6.45) is -0.493. The average Bonchev–Trinajstić information content (AvgIpc) is 3.04. The van der Waals surface area contributed by atoms with Crippen LogP contribution >= 0.6 is 27.3 Å². The third-order valence-electron chi connectivity index (χ3n) is 4.12. The van der Waals surface area contributed by atoms with Crippen molar-refractivity contribution >= 4 is 48.4 Å². The highest BCUT2D eigenvalue weighted by molar-refractivity contribution is 9.10. The summed E-state index contributed by atoms with van der Waals surface area (Å²) in [5, 5.41) is 11.2. The highest BCUT2D eigenvalue weighted by Gasteiger charge is 2.28. The Kier molecular flexibility index (Phi) is 6.15. The Morgan fingerprint density at radius 3 is 2.48 bits per heavy atom. The summed E-state index contributed by atoms with van der Waals surface area (Å²) in [4.78, 5) is 14.6. The molecule has 0 aliphatic rings. The van der Waals surface area contributed by atoms with E-state index in [1.807, 2.05) is 63.2 Å². The molecule has 29 heavy (non-hydrogen) atoms. The number of anilines is 1. The van der Waals surface area contributed by atoms with Crippen molar-refractivity contribution in [1.29, 1.82) is 5.26 Å².